The van der Waals surface area contributed by atoms with Crippen molar-refractivity contribution in [1.29, 1.82) is 0 Å². The molecule has 0 spiro atoms. The van der Waals surface area contributed by atoms with Gasteiger partial charge in [-0.3, -0.25) is 0 Å². The lowest BCUT2D eigenvalue weighted by Crippen LogP contribution is -2.42. The van der Waals surface area contributed by atoms with Crippen molar-refractivity contribution in [1.82, 2.24) is 5.32 Å². The van der Waals surface area contributed by atoms with Crippen molar-refractivity contribution >= 4 is 8.07 Å². The Morgan fingerprint density at radius 2 is 2.07 bits per heavy atom. The molecule has 0 bridgehead atoms. The van der Waals surface area contributed by atoms with E-state index < -0.39 is 8.07 Å². The third-order valence-corrected chi connectivity index (χ3v) is 8.46. The summed E-state index contributed by atoms with van der Waals surface area (Å²) in [5, 5.41) is 13.5. The largest absolute Gasteiger partial charge is 0.392 e. The van der Waals surface area contributed by atoms with Crippen LogP contribution in [0.3, 0.4) is 0 Å². The smallest absolute Gasteiger partial charge is 0.0670 e. The van der Waals surface area contributed by atoms with Crippen molar-refractivity contribution in [3.05, 3.63) is 0 Å². The van der Waals surface area contributed by atoms with Crippen LogP contribution in [-0.4, -0.2) is 31.9 Å². The molecule has 2 N–H and O–H groups in total. The molecule has 0 aromatic rings. The van der Waals surface area contributed by atoms with E-state index in [1.807, 2.05) is 0 Å². The Morgan fingerprint density at radius 1 is 1.43 bits per heavy atom. The Morgan fingerprint density at radius 3 is 2.50 bits per heavy atom. The molecule has 1 heterocycles. The number of hydrogen-bond acceptors (Lipinski definition) is 2. The van der Waals surface area contributed by atoms with E-state index in [9.17, 15) is 5.11 Å². The van der Waals surface area contributed by atoms with Crippen LogP contribution in [0.5, 0.6) is 0 Å². The van der Waals surface area contributed by atoms with Crippen LogP contribution in [0.4, 0.5) is 0 Å². The quantitative estimate of drug-likeness (QED) is 0.705. The molecule has 0 unspecified atom stereocenters. The number of aliphatic hydroxyl groups is 1. The maximum atomic E-state index is 10.1. The lowest BCUT2D eigenvalue weighted by Gasteiger charge is -2.31. The van der Waals surface area contributed by atoms with Crippen molar-refractivity contribution in [2.45, 2.75) is 63.5 Å². The summed E-state index contributed by atoms with van der Waals surface area (Å²) >= 11 is 0. The van der Waals surface area contributed by atoms with Gasteiger partial charge in [-0.05, 0) is 25.4 Å². The average molecular weight is 215 g/mol. The Kier molecular flexibility index (Phi) is 4.16. The van der Waals surface area contributed by atoms with E-state index in [4.69, 9.17) is 0 Å². The van der Waals surface area contributed by atoms with Crippen LogP contribution in [0.15, 0.2) is 0 Å². The third-order valence-electron chi connectivity index (χ3n) is 3.86. The number of rotatable bonds is 4. The van der Waals surface area contributed by atoms with Gasteiger partial charge in [0.1, 0.15) is 0 Å². The maximum Gasteiger partial charge on any atom is 0.0670 e. The van der Waals surface area contributed by atoms with Crippen LogP contribution < -0.4 is 5.32 Å². The molecule has 1 aliphatic rings. The third kappa shape index (κ3) is 3.07. The van der Waals surface area contributed by atoms with Crippen LogP contribution in [0.25, 0.3) is 0 Å². The standard InChI is InChI=1S/C11H25NOSi/c1-9(2)14(3,4)8-11(13)10-6-5-7-12-10/h9-13H,5-8H2,1-4H3/t10-,11+/m0/s1. The maximum absolute atomic E-state index is 10.1. The Balaban J connectivity index is 2.42. The van der Waals surface area contributed by atoms with Crippen LogP contribution in [0.2, 0.25) is 24.7 Å². The lowest BCUT2D eigenvalue weighted by atomic mass is 10.1. The first kappa shape index (κ1) is 12.2. The van der Waals surface area contributed by atoms with Crippen molar-refractivity contribution < 1.29 is 5.11 Å². The second kappa shape index (κ2) is 4.77. The van der Waals surface area contributed by atoms with E-state index in [1.165, 1.54) is 6.42 Å². The minimum atomic E-state index is -1.20. The minimum Gasteiger partial charge on any atom is -0.392 e. The molecule has 0 saturated carbocycles. The highest BCUT2D eigenvalue weighted by Gasteiger charge is 2.32. The van der Waals surface area contributed by atoms with Gasteiger partial charge in [0, 0.05) is 6.04 Å². The normalized spacial score (nSPS) is 25.7. The summed E-state index contributed by atoms with van der Waals surface area (Å²) in [6.07, 6.45) is 2.27. The summed E-state index contributed by atoms with van der Waals surface area (Å²) in [5.41, 5.74) is 0.763. The summed E-state index contributed by atoms with van der Waals surface area (Å²) in [6, 6.07) is 1.42. The van der Waals surface area contributed by atoms with Gasteiger partial charge in [0.05, 0.1) is 14.2 Å². The van der Waals surface area contributed by atoms with Gasteiger partial charge in [0.2, 0.25) is 0 Å². The summed E-state index contributed by atoms with van der Waals surface area (Å²) in [7, 11) is -1.20. The molecule has 84 valence electrons. The Bertz CT molecular complexity index is 176. The number of aliphatic hydroxyl groups excluding tert-OH is 1. The van der Waals surface area contributed by atoms with Gasteiger partial charge in [0.15, 0.2) is 0 Å². The van der Waals surface area contributed by atoms with Crippen LogP contribution >= 0.6 is 0 Å². The molecule has 0 aromatic heterocycles. The summed E-state index contributed by atoms with van der Waals surface area (Å²) in [5.74, 6) is 0. The predicted octanol–water partition coefficient (Wildman–Crippen LogP) is 2.22. The summed E-state index contributed by atoms with van der Waals surface area (Å²) < 4.78 is 0. The van der Waals surface area contributed by atoms with Gasteiger partial charge < -0.3 is 10.4 Å². The van der Waals surface area contributed by atoms with E-state index in [0.717, 1.165) is 24.6 Å². The predicted molar refractivity (Wildman–Crippen MR) is 64.4 cm³/mol. The summed E-state index contributed by atoms with van der Waals surface area (Å²) in [4.78, 5) is 0. The van der Waals surface area contributed by atoms with E-state index in [1.54, 1.807) is 0 Å². The SMILES string of the molecule is CC(C)[Si](C)(C)C[C@@H](O)[C@@H]1CCCN1. The molecule has 0 radical (unpaired) electrons. The minimum absolute atomic E-state index is 0.110. The molecule has 0 aliphatic carbocycles. The first-order valence-electron chi connectivity index (χ1n) is 5.85. The van der Waals surface area contributed by atoms with Crippen molar-refractivity contribution in [2.24, 2.45) is 0 Å². The number of hydrogen-bond donors (Lipinski definition) is 2. The fourth-order valence-electron chi connectivity index (χ4n) is 1.96. The van der Waals surface area contributed by atoms with E-state index >= 15 is 0 Å². The number of nitrogens with one attached hydrogen (secondary N) is 1. The lowest BCUT2D eigenvalue weighted by molar-refractivity contribution is 0.152. The Hall–Kier alpha value is 0.137. The van der Waals surface area contributed by atoms with Gasteiger partial charge in [-0.25, -0.2) is 0 Å². The Labute approximate surface area is 89.1 Å². The van der Waals surface area contributed by atoms with E-state index in [-0.39, 0.29) is 6.10 Å². The first-order valence-corrected chi connectivity index (χ1v) is 9.13. The van der Waals surface area contributed by atoms with Crippen molar-refractivity contribution in [3.8, 4) is 0 Å². The van der Waals surface area contributed by atoms with Gasteiger partial charge in [-0.15, -0.1) is 0 Å². The average Bonchev–Trinajstić information content (AvgIpc) is 2.54. The fraction of sp³-hybridized carbons (Fsp3) is 1.00. The molecular weight excluding hydrogens is 190 g/mol. The molecule has 1 rings (SSSR count). The van der Waals surface area contributed by atoms with Gasteiger partial charge in [0.25, 0.3) is 0 Å². The van der Waals surface area contributed by atoms with Crippen LogP contribution in [0, 0.1) is 0 Å². The second-order valence-corrected chi connectivity index (χ2v) is 11.2. The molecule has 1 fully saturated rings. The zero-order valence-electron chi connectivity index (χ0n) is 10.0. The monoisotopic (exact) mass is 215 g/mol. The van der Waals surface area contributed by atoms with E-state index in [0.29, 0.717) is 6.04 Å². The zero-order valence-corrected chi connectivity index (χ0v) is 11.0. The highest BCUT2D eigenvalue weighted by atomic mass is 28.3. The fourth-order valence-corrected chi connectivity index (χ4v) is 3.79. The van der Waals surface area contributed by atoms with Gasteiger partial charge in [-0.2, -0.15) is 0 Å². The van der Waals surface area contributed by atoms with Crippen molar-refractivity contribution in [3.63, 3.8) is 0 Å². The van der Waals surface area contributed by atoms with Crippen LogP contribution in [0.1, 0.15) is 26.7 Å². The first-order chi connectivity index (χ1) is 6.43. The van der Waals surface area contributed by atoms with Crippen molar-refractivity contribution in [2.75, 3.05) is 6.54 Å². The molecule has 1 saturated heterocycles. The zero-order chi connectivity index (χ0) is 10.8. The topological polar surface area (TPSA) is 32.3 Å². The molecule has 2 nitrogen and oxygen atoms in total. The summed E-state index contributed by atoms with van der Waals surface area (Å²) in [6.45, 7) is 10.4. The highest BCUT2D eigenvalue weighted by molar-refractivity contribution is 6.78. The molecule has 1 aliphatic heterocycles. The van der Waals surface area contributed by atoms with E-state index in [2.05, 4.69) is 32.3 Å². The molecule has 3 heteroatoms. The molecular formula is C11H25NOSi. The highest BCUT2D eigenvalue weighted by Crippen LogP contribution is 2.28. The van der Waals surface area contributed by atoms with Gasteiger partial charge in [-0.1, -0.05) is 32.5 Å². The molecule has 14 heavy (non-hydrogen) atoms. The van der Waals surface area contributed by atoms with Crippen LogP contribution in [-0.2, 0) is 0 Å². The van der Waals surface area contributed by atoms with Gasteiger partial charge >= 0.3 is 0 Å². The molecule has 0 amide bonds. The molecule has 0 aromatic carbocycles. The second-order valence-electron chi connectivity index (χ2n) is 5.62. The molecule has 2 atom stereocenters.